The number of nitrogens with one attached hydrogen (secondary N) is 9. The number of alkyl halides is 3. The minimum Gasteiger partial charge on any atom is -0.481 e. The Balaban J connectivity index is 0. The second-order valence-corrected chi connectivity index (χ2v) is 16.4. The molecule has 0 aliphatic carbocycles. The molecule has 0 fully saturated rings. The highest BCUT2D eigenvalue weighted by atomic mass is 19.4. The molecular formula is C41H69F3N14O19. The molecule has 0 saturated carbocycles. The molecule has 0 rings (SSSR count). The largest absolute Gasteiger partial charge is 0.490 e. The number of carboxylic acids is 3. The fourth-order valence-electron chi connectivity index (χ4n) is 5.83. The monoisotopic (exact) mass is 1120 g/mol. The van der Waals surface area contributed by atoms with E-state index in [0.717, 1.165) is 0 Å². The van der Waals surface area contributed by atoms with Gasteiger partial charge in [-0.25, -0.2) is 9.59 Å². The first-order chi connectivity index (χ1) is 35.8. The van der Waals surface area contributed by atoms with Gasteiger partial charge in [0.15, 0.2) is 0 Å². The molecule has 33 nitrogen and oxygen atoms in total. The SMILES string of the molecule is C[C@H](NC(=O)[C@H](CCC(=O)O)NC(=O)[C@@H](N)CCCCN)C(=O)N[C@@H](CCCCN)C(=O)N[C@@H](CO)C(=O)N[C@@H](CCC(N)=O)C(=O)NCC(=O)NCC(=O)N[C@@H](CO)C(=O)N[C@@H](CC(N)=O)C(=O)O.O=C(O)C(F)(F)F. The summed E-state index contributed by atoms with van der Waals surface area (Å²) in [5, 5.41) is 64.9. The molecule has 8 atom stereocenters. The normalized spacial score (nSPS) is 13.9. The van der Waals surface area contributed by atoms with E-state index in [-0.39, 0.29) is 32.2 Å². The van der Waals surface area contributed by atoms with Crippen molar-refractivity contribution in [2.24, 2.45) is 28.7 Å². The Bertz CT molecular complexity index is 2050. The van der Waals surface area contributed by atoms with Crippen molar-refractivity contribution < 1.29 is 106 Å². The number of rotatable bonds is 37. The van der Waals surface area contributed by atoms with Gasteiger partial charge in [-0.05, 0) is 65.0 Å². The molecule has 0 aliphatic rings. The van der Waals surface area contributed by atoms with Gasteiger partial charge in [-0.2, -0.15) is 13.2 Å². The molecule has 24 N–H and O–H groups in total. The van der Waals surface area contributed by atoms with Gasteiger partial charge < -0.3 is 102 Å². The van der Waals surface area contributed by atoms with Crippen LogP contribution in [0.4, 0.5) is 13.2 Å². The summed E-state index contributed by atoms with van der Waals surface area (Å²) in [5.74, 6) is -16.9. The third kappa shape index (κ3) is 32.3. The second-order valence-electron chi connectivity index (χ2n) is 16.4. The number of aliphatic hydroxyl groups excluding tert-OH is 2. The smallest absolute Gasteiger partial charge is 0.481 e. The molecule has 0 aliphatic heterocycles. The highest BCUT2D eigenvalue weighted by Crippen LogP contribution is 2.13. The van der Waals surface area contributed by atoms with Crippen LogP contribution < -0.4 is 76.5 Å². The van der Waals surface area contributed by atoms with Crippen molar-refractivity contribution in [3.05, 3.63) is 0 Å². The molecule has 36 heteroatoms. The number of carbonyl (C=O) groups is 14. The molecule has 0 spiro atoms. The molecule has 0 radical (unpaired) electrons. The van der Waals surface area contributed by atoms with E-state index < -0.39 is 189 Å². The number of nitrogens with two attached hydrogens (primary N) is 5. The van der Waals surface area contributed by atoms with Crippen LogP contribution in [-0.4, -0.2) is 202 Å². The Morgan fingerprint density at radius 3 is 1.38 bits per heavy atom. The van der Waals surface area contributed by atoms with E-state index >= 15 is 0 Å². The number of amides is 11. The molecule has 11 amide bonds. The molecule has 0 aromatic carbocycles. The van der Waals surface area contributed by atoms with Gasteiger partial charge in [0, 0.05) is 12.8 Å². The molecule has 0 heterocycles. The van der Waals surface area contributed by atoms with Crippen LogP contribution in [0.3, 0.4) is 0 Å². The first-order valence-corrected chi connectivity index (χ1v) is 23.2. The number of primary amides is 2. The predicted molar refractivity (Wildman–Crippen MR) is 254 cm³/mol. The summed E-state index contributed by atoms with van der Waals surface area (Å²) in [7, 11) is 0. The van der Waals surface area contributed by atoms with Crippen molar-refractivity contribution in [3.63, 3.8) is 0 Å². The molecule has 0 bridgehead atoms. The van der Waals surface area contributed by atoms with Crippen LogP contribution in [0, 0.1) is 0 Å². The number of unbranched alkanes of at least 4 members (excludes halogenated alkanes) is 2. The minimum absolute atomic E-state index is 0.0785. The summed E-state index contributed by atoms with van der Waals surface area (Å²) in [4.78, 5) is 171. The first kappa shape index (κ1) is 71.2. The zero-order chi connectivity index (χ0) is 59.6. The van der Waals surface area contributed by atoms with Gasteiger partial charge in [0.25, 0.3) is 0 Å². The van der Waals surface area contributed by atoms with Crippen molar-refractivity contribution >= 4 is 82.9 Å². The molecule has 0 saturated heterocycles. The number of carbonyl (C=O) groups excluding carboxylic acids is 11. The summed E-state index contributed by atoms with van der Waals surface area (Å²) < 4.78 is 31.7. The molecule has 0 unspecified atom stereocenters. The Kier molecular flexibility index (Phi) is 35.0. The van der Waals surface area contributed by atoms with Gasteiger partial charge in [0.1, 0.15) is 42.3 Å². The van der Waals surface area contributed by atoms with Gasteiger partial charge in [0.05, 0.1) is 38.8 Å². The fourth-order valence-corrected chi connectivity index (χ4v) is 5.83. The maximum Gasteiger partial charge on any atom is 0.490 e. The fraction of sp³-hybridized carbons (Fsp3) is 0.659. The third-order valence-electron chi connectivity index (χ3n) is 10.0. The topological polar surface area (TPSA) is 578 Å². The third-order valence-corrected chi connectivity index (χ3v) is 10.0. The van der Waals surface area contributed by atoms with E-state index in [4.69, 9.17) is 43.7 Å². The van der Waals surface area contributed by atoms with E-state index in [1.807, 2.05) is 10.6 Å². The predicted octanol–water partition coefficient (Wildman–Crippen LogP) is -9.07. The number of carboxylic acid groups (broad SMARTS) is 3. The summed E-state index contributed by atoms with van der Waals surface area (Å²) >= 11 is 0. The number of aliphatic hydroxyl groups is 2. The van der Waals surface area contributed by atoms with Crippen LogP contribution in [-0.2, 0) is 67.1 Å². The summed E-state index contributed by atoms with van der Waals surface area (Å²) in [5.41, 5.74) is 27.1. The van der Waals surface area contributed by atoms with E-state index in [1.54, 1.807) is 0 Å². The lowest BCUT2D eigenvalue weighted by Gasteiger charge is -2.26. The van der Waals surface area contributed by atoms with Crippen LogP contribution in [0.25, 0.3) is 0 Å². The van der Waals surface area contributed by atoms with Crippen LogP contribution in [0.15, 0.2) is 0 Å². The maximum absolute atomic E-state index is 13.5. The van der Waals surface area contributed by atoms with Gasteiger partial charge in [-0.1, -0.05) is 6.42 Å². The summed E-state index contributed by atoms with van der Waals surface area (Å²) in [6.07, 6.45) is -5.87. The number of aliphatic carboxylic acids is 3. The van der Waals surface area contributed by atoms with E-state index in [1.165, 1.54) is 6.92 Å². The van der Waals surface area contributed by atoms with E-state index in [9.17, 15) is 90.8 Å². The average molecular weight is 1120 g/mol. The molecule has 0 aromatic rings. The lowest BCUT2D eigenvalue weighted by atomic mass is 10.1. The molecule has 0 aromatic heterocycles. The number of hydrogen-bond acceptors (Lipinski definition) is 19. The summed E-state index contributed by atoms with van der Waals surface area (Å²) in [6, 6.07) is -12.2. The van der Waals surface area contributed by atoms with Crippen LogP contribution in [0.5, 0.6) is 0 Å². The van der Waals surface area contributed by atoms with Gasteiger partial charge in [-0.15, -0.1) is 0 Å². The Hall–Kier alpha value is -7.83. The Morgan fingerprint density at radius 2 is 0.896 bits per heavy atom. The Labute approximate surface area is 436 Å². The van der Waals surface area contributed by atoms with Crippen molar-refractivity contribution in [2.75, 3.05) is 39.4 Å². The van der Waals surface area contributed by atoms with Crippen LogP contribution in [0.2, 0.25) is 0 Å². The highest BCUT2D eigenvalue weighted by molar-refractivity contribution is 5.98. The van der Waals surface area contributed by atoms with Gasteiger partial charge in [-0.3, -0.25) is 57.5 Å². The van der Waals surface area contributed by atoms with Crippen molar-refractivity contribution in [3.8, 4) is 0 Å². The Morgan fingerprint density at radius 1 is 0.481 bits per heavy atom. The molecule has 77 heavy (non-hydrogen) atoms. The number of halogens is 3. The standard InChI is InChI=1S/C39H68N14O17.C2HF3O2/c1-19(47-35(65)23(9-11-31(60)61)50-33(63)20(42)6-2-4-12-40)32(62)49-21(7-3-5-13-41)36(66)53-26(18-55)38(68)51-22(8-10-27(43)56)34(64)46-15-29(58)45-16-30(59)48-25(17-54)37(67)52-24(39(69)70)14-28(44)57;3-2(4,5)1(6)7/h19-26,54-55H,2-18,40-42H2,1H3,(H2,43,56)(H2,44,57)(H,45,58)(H,46,64)(H,47,65)(H,48,59)(H,49,62)(H,50,63)(H,51,68)(H,52,67)(H,53,66)(H,60,61)(H,69,70);(H,6,7)/t19-,20-,21-,22-,23-,24-,25-,26-;/m0./s1. The molecular weight excluding hydrogens is 1050 g/mol. The summed E-state index contributed by atoms with van der Waals surface area (Å²) in [6.45, 7) is -2.02. The highest BCUT2D eigenvalue weighted by Gasteiger charge is 2.38. The van der Waals surface area contributed by atoms with E-state index in [2.05, 4.69) is 37.2 Å². The molecule has 438 valence electrons. The van der Waals surface area contributed by atoms with Gasteiger partial charge in [0.2, 0.25) is 65.0 Å². The van der Waals surface area contributed by atoms with Crippen LogP contribution >= 0.6 is 0 Å². The maximum atomic E-state index is 13.5. The first-order valence-electron chi connectivity index (χ1n) is 23.2. The quantitative estimate of drug-likeness (QED) is 0.0257. The van der Waals surface area contributed by atoms with E-state index in [0.29, 0.717) is 25.8 Å². The average Bonchev–Trinajstić information content (AvgIpc) is 3.34. The zero-order valence-electron chi connectivity index (χ0n) is 41.6. The van der Waals surface area contributed by atoms with Crippen molar-refractivity contribution in [1.29, 1.82) is 0 Å². The van der Waals surface area contributed by atoms with Crippen molar-refractivity contribution in [1.82, 2.24) is 47.9 Å². The lowest BCUT2D eigenvalue weighted by molar-refractivity contribution is -0.192. The zero-order valence-corrected chi connectivity index (χ0v) is 41.6. The second kappa shape index (κ2) is 37.8. The van der Waals surface area contributed by atoms with Crippen molar-refractivity contribution in [2.45, 2.75) is 132 Å². The van der Waals surface area contributed by atoms with Gasteiger partial charge >= 0.3 is 24.1 Å². The number of hydrogen-bond donors (Lipinski definition) is 19. The lowest BCUT2D eigenvalue weighted by Crippen LogP contribution is -2.59. The minimum atomic E-state index is -5.08. The van der Waals surface area contributed by atoms with Crippen LogP contribution in [0.1, 0.15) is 77.6 Å².